The van der Waals surface area contributed by atoms with E-state index in [-0.39, 0.29) is 0 Å². The summed E-state index contributed by atoms with van der Waals surface area (Å²) in [6, 6.07) is 0. The average molecular weight is 212 g/mol. The van der Waals surface area contributed by atoms with Gasteiger partial charge in [0.15, 0.2) is 5.16 Å². The number of nitrogens with zero attached hydrogens (tertiary/aromatic N) is 3. The maximum Gasteiger partial charge on any atom is 0.191 e. The van der Waals surface area contributed by atoms with Crippen LogP contribution in [0.2, 0.25) is 0 Å². The van der Waals surface area contributed by atoms with Crippen LogP contribution in [0.15, 0.2) is 5.16 Å². The average Bonchev–Trinajstić information content (AvgIpc) is 2.95. The van der Waals surface area contributed by atoms with Gasteiger partial charge in [0.25, 0.3) is 0 Å². The minimum atomic E-state index is 0.477. The summed E-state index contributed by atoms with van der Waals surface area (Å²) in [4.78, 5) is 0. The van der Waals surface area contributed by atoms with Gasteiger partial charge in [0.2, 0.25) is 0 Å². The number of aromatic nitrogens is 3. The lowest BCUT2D eigenvalue weighted by Gasteiger charge is -2.04. The van der Waals surface area contributed by atoms with Crippen LogP contribution < -0.4 is 5.73 Å². The highest BCUT2D eigenvalue weighted by Gasteiger charge is 2.22. The molecule has 2 rings (SSSR count). The molecule has 1 aliphatic carbocycles. The Morgan fingerprint density at radius 1 is 1.50 bits per heavy atom. The Kier molecular flexibility index (Phi) is 3.08. The molecule has 0 aromatic carbocycles. The van der Waals surface area contributed by atoms with Crippen molar-refractivity contribution in [3.8, 4) is 0 Å². The summed E-state index contributed by atoms with van der Waals surface area (Å²) in [5.74, 6) is 3.00. The first-order valence-electron chi connectivity index (χ1n) is 5.10. The second-order valence-corrected chi connectivity index (χ2v) is 4.59. The highest BCUT2D eigenvalue weighted by atomic mass is 32.2. The van der Waals surface area contributed by atoms with Crippen LogP contribution in [0.5, 0.6) is 0 Å². The largest absolute Gasteiger partial charge is 0.324 e. The minimum Gasteiger partial charge on any atom is -0.324 e. The summed E-state index contributed by atoms with van der Waals surface area (Å²) in [7, 11) is 0. The third kappa shape index (κ3) is 2.09. The Balaban J connectivity index is 2.02. The SMILES string of the molecule is CCn1c(CN)nnc1SCC1CC1. The van der Waals surface area contributed by atoms with Gasteiger partial charge in [-0.2, -0.15) is 0 Å². The lowest BCUT2D eigenvalue weighted by molar-refractivity contribution is 0.642. The normalized spacial score (nSPS) is 16.1. The van der Waals surface area contributed by atoms with E-state index in [0.717, 1.165) is 23.4 Å². The number of hydrogen-bond donors (Lipinski definition) is 1. The molecular weight excluding hydrogens is 196 g/mol. The molecule has 0 saturated heterocycles. The van der Waals surface area contributed by atoms with Gasteiger partial charge in [-0.25, -0.2) is 0 Å². The van der Waals surface area contributed by atoms with Crippen molar-refractivity contribution in [1.29, 1.82) is 0 Å². The first-order chi connectivity index (χ1) is 6.85. The molecule has 0 unspecified atom stereocenters. The zero-order chi connectivity index (χ0) is 9.97. The van der Waals surface area contributed by atoms with Crippen molar-refractivity contribution in [3.63, 3.8) is 0 Å². The molecule has 14 heavy (non-hydrogen) atoms. The van der Waals surface area contributed by atoms with Crippen molar-refractivity contribution in [2.75, 3.05) is 5.75 Å². The summed E-state index contributed by atoms with van der Waals surface area (Å²) in [5, 5.41) is 9.25. The number of rotatable bonds is 5. The second kappa shape index (κ2) is 4.31. The van der Waals surface area contributed by atoms with Crippen molar-refractivity contribution in [1.82, 2.24) is 14.8 Å². The molecule has 1 aromatic heterocycles. The molecule has 0 amide bonds. The Bertz CT molecular complexity index is 306. The van der Waals surface area contributed by atoms with Crippen molar-refractivity contribution in [3.05, 3.63) is 5.82 Å². The predicted molar refractivity (Wildman–Crippen MR) is 57.0 cm³/mol. The third-order valence-electron chi connectivity index (χ3n) is 2.44. The molecule has 1 heterocycles. The van der Waals surface area contributed by atoms with E-state index in [0.29, 0.717) is 6.54 Å². The van der Waals surface area contributed by atoms with Gasteiger partial charge in [0, 0.05) is 12.3 Å². The lowest BCUT2D eigenvalue weighted by Crippen LogP contribution is -2.08. The second-order valence-electron chi connectivity index (χ2n) is 3.60. The molecular formula is C9H16N4S. The van der Waals surface area contributed by atoms with E-state index in [9.17, 15) is 0 Å². The van der Waals surface area contributed by atoms with Gasteiger partial charge in [0.05, 0.1) is 6.54 Å². The molecule has 1 saturated carbocycles. The number of nitrogens with two attached hydrogens (primary N) is 1. The van der Waals surface area contributed by atoms with Gasteiger partial charge in [-0.3, -0.25) is 0 Å². The highest BCUT2D eigenvalue weighted by molar-refractivity contribution is 7.99. The summed E-state index contributed by atoms with van der Waals surface area (Å²) in [6.07, 6.45) is 2.77. The Labute approximate surface area is 88.3 Å². The fourth-order valence-electron chi connectivity index (χ4n) is 1.37. The van der Waals surface area contributed by atoms with E-state index in [4.69, 9.17) is 5.73 Å². The smallest absolute Gasteiger partial charge is 0.191 e. The van der Waals surface area contributed by atoms with Crippen LogP contribution in [-0.4, -0.2) is 20.5 Å². The van der Waals surface area contributed by atoms with E-state index in [2.05, 4.69) is 21.7 Å². The fourth-order valence-corrected chi connectivity index (χ4v) is 2.58. The zero-order valence-electron chi connectivity index (χ0n) is 8.44. The van der Waals surface area contributed by atoms with E-state index in [1.54, 1.807) is 0 Å². The Hall–Kier alpha value is -0.550. The Morgan fingerprint density at radius 3 is 2.86 bits per heavy atom. The maximum absolute atomic E-state index is 5.58. The molecule has 0 radical (unpaired) electrons. The maximum atomic E-state index is 5.58. The van der Waals surface area contributed by atoms with Crippen LogP contribution in [-0.2, 0) is 13.1 Å². The lowest BCUT2D eigenvalue weighted by atomic mass is 10.5. The van der Waals surface area contributed by atoms with Gasteiger partial charge < -0.3 is 10.3 Å². The summed E-state index contributed by atoms with van der Waals surface area (Å²) in [5.41, 5.74) is 5.58. The van der Waals surface area contributed by atoms with Crippen molar-refractivity contribution >= 4 is 11.8 Å². The van der Waals surface area contributed by atoms with Crippen molar-refractivity contribution < 1.29 is 0 Å². The van der Waals surface area contributed by atoms with Crippen LogP contribution in [0.4, 0.5) is 0 Å². The van der Waals surface area contributed by atoms with Crippen LogP contribution >= 0.6 is 11.8 Å². The molecule has 1 aromatic rings. The number of hydrogen-bond acceptors (Lipinski definition) is 4. The molecule has 2 N–H and O–H groups in total. The van der Waals surface area contributed by atoms with Crippen LogP contribution in [0.1, 0.15) is 25.6 Å². The van der Waals surface area contributed by atoms with Gasteiger partial charge in [-0.1, -0.05) is 11.8 Å². The monoisotopic (exact) mass is 212 g/mol. The molecule has 4 nitrogen and oxygen atoms in total. The summed E-state index contributed by atoms with van der Waals surface area (Å²) in [6.45, 7) is 3.49. The standard InChI is InChI=1S/C9H16N4S/c1-2-13-8(5-10)11-12-9(13)14-6-7-3-4-7/h7H,2-6,10H2,1H3. The first-order valence-corrected chi connectivity index (χ1v) is 6.08. The zero-order valence-corrected chi connectivity index (χ0v) is 9.26. The van der Waals surface area contributed by atoms with Gasteiger partial charge >= 0.3 is 0 Å². The molecule has 1 aliphatic rings. The number of thioether (sulfide) groups is 1. The third-order valence-corrected chi connectivity index (χ3v) is 3.64. The van der Waals surface area contributed by atoms with Gasteiger partial charge in [-0.05, 0) is 25.7 Å². The molecule has 0 atom stereocenters. The first kappa shape index (κ1) is 9.98. The van der Waals surface area contributed by atoms with E-state index in [1.807, 2.05) is 11.8 Å². The topological polar surface area (TPSA) is 56.7 Å². The molecule has 1 fully saturated rings. The van der Waals surface area contributed by atoms with E-state index < -0.39 is 0 Å². The van der Waals surface area contributed by atoms with Crippen LogP contribution in [0.3, 0.4) is 0 Å². The van der Waals surface area contributed by atoms with Gasteiger partial charge in [-0.15, -0.1) is 10.2 Å². The molecule has 78 valence electrons. The van der Waals surface area contributed by atoms with E-state index in [1.165, 1.54) is 18.6 Å². The molecule has 0 aliphatic heterocycles. The van der Waals surface area contributed by atoms with Crippen molar-refractivity contribution in [2.24, 2.45) is 11.7 Å². The minimum absolute atomic E-state index is 0.477. The van der Waals surface area contributed by atoms with E-state index >= 15 is 0 Å². The highest BCUT2D eigenvalue weighted by Crippen LogP contribution is 2.34. The van der Waals surface area contributed by atoms with Crippen LogP contribution in [0, 0.1) is 5.92 Å². The molecule has 0 spiro atoms. The van der Waals surface area contributed by atoms with Crippen molar-refractivity contribution in [2.45, 2.75) is 38.0 Å². The molecule has 0 bridgehead atoms. The summed E-state index contributed by atoms with van der Waals surface area (Å²) >= 11 is 1.81. The Morgan fingerprint density at radius 2 is 2.29 bits per heavy atom. The molecule has 5 heteroatoms. The summed E-state index contributed by atoms with van der Waals surface area (Å²) < 4.78 is 2.10. The quantitative estimate of drug-likeness (QED) is 0.746. The fraction of sp³-hybridized carbons (Fsp3) is 0.778. The van der Waals surface area contributed by atoms with Gasteiger partial charge in [0.1, 0.15) is 5.82 Å². The predicted octanol–water partition coefficient (Wildman–Crippen LogP) is 1.26. The van der Waals surface area contributed by atoms with Crippen LogP contribution in [0.25, 0.3) is 0 Å².